The number of halogens is 3. The molecule has 0 bridgehead atoms. The summed E-state index contributed by atoms with van der Waals surface area (Å²) in [5, 5.41) is 2.92. The van der Waals surface area contributed by atoms with Crippen molar-refractivity contribution in [1.29, 1.82) is 0 Å². The molecule has 0 aliphatic carbocycles. The molecule has 1 fully saturated rings. The van der Waals surface area contributed by atoms with Gasteiger partial charge in [-0.1, -0.05) is 12.1 Å². The minimum absolute atomic E-state index is 0.0505. The zero-order valence-corrected chi connectivity index (χ0v) is 13.2. The van der Waals surface area contributed by atoms with E-state index in [-0.39, 0.29) is 11.9 Å². The Morgan fingerprint density at radius 2 is 2.04 bits per heavy atom. The first-order valence-corrected chi connectivity index (χ1v) is 7.51. The molecule has 0 saturated carbocycles. The summed E-state index contributed by atoms with van der Waals surface area (Å²) in [4.78, 5) is 13.9. The van der Waals surface area contributed by atoms with Crippen LogP contribution in [-0.4, -0.2) is 43.2 Å². The molecular formula is C16H21F3N2O2. The van der Waals surface area contributed by atoms with Gasteiger partial charge in [0.05, 0.1) is 5.56 Å². The van der Waals surface area contributed by atoms with E-state index in [1.165, 1.54) is 19.2 Å². The Hall–Kier alpha value is -1.60. The molecule has 23 heavy (non-hydrogen) atoms. The number of hydrogen-bond donors (Lipinski definition) is 1. The fourth-order valence-electron chi connectivity index (χ4n) is 2.58. The molecule has 128 valence electrons. The van der Waals surface area contributed by atoms with Gasteiger partial charge in [-0.05, 0) is 31.0 Å². The SMILES string of the molecule is CO[C@@H](C)C(=O)N[C@@H]1CCN(Cc2ccc(C(F)(F)F)cc2)C1. The summed E-state index contributed by atoms with van der Waals surface area (Å²) in [5.74, 6) is -0.145. The average molecular weight is 330 g/mol. The number of likely N-dealkylation sites (tertiary alicyclic amines) is 1. The standard InChI is InChI=1S/C16H21F3N2O2/c1-11(23-2)15(22)20-14-7-8-21(10-14)9-12-3-5-13(6-4-12)16(17,18)19/h3-6,11,14H,7-10H2,1-2H3,(H,20,22)/t11-,14+/m0/s1. The Balaban J connectivity index is 1.85. The first-order chi connectivity index (χ1) is 10.8. The van der Waals surface area contributed by atoms with Gasteiger partial charge in [-0.2, -0.15) is 13.2 Å². The van der Waals surface area contributed by atoms with Crippen molar-refractivity contribution in [1.82, 2.24) is 10.2 Å². The van der Waals surface area contributed by atoms with Crippen LogP contribution in [0.5, 0.6) is 0 Å². The molecule has 1 aromatic rings. The van der Waals surface area contributed by atoms with E-state index in [9.17, 15) is 18.0 Å². The normalized spacial score (nSPS) is 20.5. The van der Waals surface area contributed by atoms with Crippen LogP contribution in [-0.2, 0) is 22.3 Å². The highest BCUT2D eigenvalue weighted by molar-refractivity contribution is 5.80. The highest BCUT2D eigenvalue weighted by Crippen LogP contribution is 2.29. The molecule has 4 nitrogen and oxygen atoms in total. The smallest absolute Gasteiger partial charge is 0.372 e. The lowest BCUT2D eigenvalue weighted by Gasteiger charge is -2.18. The highest BCUT2D eigenvalue weighted by atomic mass is 19.4. The second-order valence-corrected chi connectivity index (χ2v) is 5.80. The number of ether oxygens (including phenoxy) is 1. The predicted octanol–water partition coefficient (Wildman–Crippen LogP) is 2.43. The number of hydrogen-bond acceptors (Lipinski definition) is 3. The fraction of sp³-hybridized carbons (Fsp3) is 0.562. The molecule has 1 N–H and O–H groups in total. The Morgan fingerprint density at radius 1 is 1.39 bits per heavy atom. The lowest BCUT2D eigenvalue weighted by molar-refractivity contribution is -0.137. The van der Waals surface area contributed by atoms with Gasteiger partial charge in [0.15, 0.2) is 0 Å². The Bertz CT molecular complexity index is 531. The van der Waals surface area contributed by atoms with Gasteiger partial charge in [0.2, 0.25) is 5.91 Å². The van der Waals surface area contributed by atoms with Crippen LogP contribution in [0.2, 0.25) is 0 Å². The van der Waals surface area contributed by atoms with Crippen LogP contribution in [0.4, 0.5) is 13.2 Å². The maximum Gasteiger partial charge on any atom is 0.416 e. The van der Waals surface area contributed by atoms with Gasteiger partial charge in [0.25, 0.3) is 0 Å². The van der Waals surface area contributed by atoms with Gasteiger partial charge < -0.3 is 10.1 Å². The number of nitrogens with zero attached hydrogens (tertiary/aromatic N) is 1. The Morgan fingerprint density at radius 3 is 2.61 bits per heavy atom. The van der Waals surface area contributed by atoms with Crippen molar-refractivity contribution in [3.05, 3.63) is 35.4 Å². The quantitative estimate of drug-likeness (QED) is 0.902. The minimum Gasteiger partial charge on any atom is -0.372 e. The average Bonchev–Trinajstić information content (AvgIpc) is 2.93. The van der Waals surface area contributed by atoms with E-state index in [0.717, 1.165) is 30.7 Å². The number of nitrogens with one attached hydrogen (secondary N) is 1. The zero-order valence-electron chi connectivity index (χ0n) is 13.2. The molecule has 1 aliphatic heterocycles. The molecule has 1 heterocycles. The van der Waals surface area contributed by atoms with E-state index >= 15 is 0 Å². The number of benzene rings is 1. The number of rotatable bonds is 5. The van der Waals surface area contributed by atoms with Gasteiger partial charge in [-0.25, -0.2) is 0 Å². The topological polar surface area (TPSA) is 41.6 Å². The van der Waals surface area contributed by atoms with Gasteiger partial charge in [0.1, 0.15) is 6.10 Å². The lowest BCUT2D eigenvalue weighted by atomic mass is 10.1. The van der Waals surface area contributed by atoms with E-state index in [0.29, 0.717) is 13.1 Å². The summed E-state index contributed by atoms with van der Waals surface area (Å²) in [6, 6.07) is 5.26. The molecule has 1 amide bonds. The van der Waals surface area contributed by atoms with Crippen LogP contribution < -0.4 is 5.32 Å². The monoisotopic (exact) mass is 330 g/mol. The molecule has 1 aliphatic rings. The lowest BCUT2D eigenvalue weighted by Crippen LogP contribution is -2.42. The van der Waals surface area contributed by atoms with Crippen molar-refractivity contribution in [2.45, 2.75) is 38.2 Å². The summed E-state index contributed by atoms with van der Waals surface area (Å²) in [7, 11) is 1.48. The van der Waals surface area contributed by atoms with E-state index in [4.69, 9.17) is 4.74 Å². The Labute approximate surface area is 133 Å². The number of amides is 1. The van der Waals surface area contributed by atoms with Crippen LogP contribution in [0.15, 0.2) is 24.3 Å². The van der Waals surface area contributed by atoms with Crippen molar-refractivity contribution in [3.8, 4) is 0 Å². The second-order valence-electron chi connectivity index (χ2n) is 5.80. The number of carbonyl (C=O) groups excluding carboxylic acids is 1. The summed E-state index contributed by atoms with van der Waals surface area (Å²) in [6.07, 6.45) is -3.97. The molecule has 1 aromatic carbocycles. The maximum absolute atomic E-state index is 12.5. The van der Waals surface area contributed by atoms with Crippen molar-refractivity contribution < 1.29 is 22.7 Å². The third kappa shape index (κ3) is 4.94. The first-order valence-electron chi connectivity index (χ1n) is 7.51. The molecule has 0 unspecified atom stereocenters. The molecule has 2 rings (SSSR count). The van der Waals surface area contributed by atoms with Crippen LogP contribution in [0, 0.1) is 0 Å². The fourth-order valence-corrected chi connectivity index (χ4v) is 2.58. The summed E-state index contributed by atoms with van der Waals surface area (Å²) >= 11 is 0. The Kier molecular flexibility index (Phi) is 5.64. The largest absolute Gasteiger partial charge is 0.416 e. The molecule has 7 heteroatoms. The number of carbonyl (C=O) groups is 1. The molecule has 1 saturated heterocycles. The number of alkyl halides is 3. The van der Waals surface area contributed by atoms with Crippen molar-refractivity contribution in [3.63, 3.8) is 0 Å². The third-order valence-electron chi connectivity index (χ3n) is 4.03. The van der Waals surface area contributed by atoms with Gasteiger partial charge in [-0.15, -0.1) is 0 Å². The molecule has 2 atom stereocenters. The molecule has 0 spiro atoms. The summed E-state index contributed by atoms with van der Waals surface area (Å²) in [6.45, 7) is 3.74. The van der Waals surface area contributed by atoms with Gasteiger partial charge >= 0.3 is 6.18 Å². The van der Waals surface area contributed by atoms with Crippen LogP contribution in [0.25, 0.3) is 0 Å². The second kappa shape index (κ2) is 7.31. The van der Waals surface area contributed by atoms with E-state index < -0.39 is 17.8 Å². The van der Waals surface area contributed by atoms with Crippen LogP contribution in [0.3, 0.4) is 0 Å². The highest BCUT2D eigenvalue weighted by Gasteiger charge is 2.30. The minimum atomic E-state index is -4.31. The van der Waals surface area contributed by atoms with Gasteiger partial charge in [0, 0.05) is 32.8 Å². The van der Waals surface area contributed by atoms with E-state index in [1.807, 2.05) is 0 Å². The molecule has 0 radical (unpaired) electrons. The van der Waals surface area contributed by atoms with E-state index in [2.05, 4.69) is 10.2 Å². The first kappa shape index (κ1) is 17.7. The predicted molar refractivity (Wildman–Crippen MR) is 79.7 cm³/mol. The maximum atomic E-state index is 12.5. The number of methoxy groups -OCH3 is 1. The molecule has 0 aromatic heterocycles. The summed E-state index contributed by atoms with van der Waals surface area (Å²) in [5.41, 5.74) is 0.191. The van der Waals surface area contributed by atoms with Crippen molar-refractivity contribution in [2.24, 2.45) is 0 Å². The van der Waals surface area contributed by atoms with Gasteiger partial charge in [-0.3, -0.25) is 9.69 Å². The van der Waals surface area contributed by atoms with E-state index in [1.54, 1.807) is 6.92 Å². The van der Waals surface area contributed by atoms with Crippen LogP contribution in [0.1, 0.15) is 24.5 Å². The third-order valence-corrected chi connectivity index (χ3v) is 4.03. The molecular weight excluding hydrogens is 309 g/mol. The summed E-state index contributed by atoms with van der Waals surface area (Å²) < 4.78 is 42.6. The van der Waals surface area contributed by atoms with Crippen molar-refractivity contribution in [2.75, 3.05) is 20.2 Å². The van der Waals surface area contributed by atoms with Crippen molar-refractivity contribution >= 4 is 5.91 Å². The zero-order chi connectivity index (χ0) is 17.0. The van der Waals surface area contributed by atoms with Crippen LogP contribution >= 0.6 is 0 Å².